The highest BCUT2D eigenvalue weighted by Crippen LogP contribution is 2.24. The van der Waals surface area contributed by atoms with E-state index < -0.39 is 6.09 Å². The van der Waals surface area contributed by atoms with Crippen LogP contribution in [0.1, 0.15) is 43.8 Å². The van der Waals surface area contributed by atoms with Gasteiger partial charge in [0.2, 0.25) is 0 Å². The number of amides is 3. The van der Waals surface area contributed by atoms with E-state index in [-0.39, 0.29) is 31.3 Å². The van der Waals surface area contributed by atoms with Crippen LogP contribution >= 0.6 is 11.6 Å². The van der Waals surface area contributed by atoms with Crippen molar-refractivity contribution >= 4 is 23.7 Å². The van der Waals surface area contributed by atoms with Gasteiger partial charge in [-0.2, -0.15) is 0 Å². The summed E-state index contributed by atoms with van der Waals surface area (Å²) in [4.78, 5) is 26.8. The standard InChI is InChI=1S/C25H41ClN4O5/c1-27-17-22(15-19-7-4-5-13-34-18-19)28-24(31)29(2)11-10-23(20-8-6-9-21(26)16-20)35-14-12-30(3)25(32)33/h6,8-9,16,19,22-23,27H,4-5,7,10-15,17-18H2,1-3H3,(H,28,31)(H,32,33)/t19-,22+,23?/m1/s1. The van der Waals surface area contributed by atoms with Crippen LogP contribution < -0.4 is 10.6 Å². The number of hydrogen-bond donors (Lipinski definition) is 3. The van der Waals surface area contributed by atoms with Crippen molar-refractivity contribution in [2.45, 2.75) is 44.2 Å². The van der Waals surface area contributed by atoms with Crippen LogP contribution in [0.3, 0.4) is 0 Å². The van der Waals surface area contributed by atoms with E-state index in [1.165, 1.54) is 11.9 Å². The maximum Gasteiger partial charge on any atom is 0.407 e. The fraction of sp³-hybridized carbons (Fsp3) is 0.680. The lowest BCUT2D eigenvalue weighted by atomic mass is 9.95. The molecule has 1 saturated heterocycles. The van der Waals surface area contributed by atoms with Crippen molar-refractivity contribution in [1.29, 1.82) is 0 Å². The lowest BCUT2D eigenvalue weighted by Gasteiger charge is -2.27. The van der Waals surface area contributed by atoms with E-state index in [1.54, 1.807) is 18.0 Å². The quantitative estimate of drug-likeness (QED) is 0.371. The largest absolute Gasteiger partial charge is 0.465 e. The summed E-state index contributed by atoms with van der Waals surface area (Å²) in [5, 5.41) is 16.0. The topological polar surface area (TPSA) is 103 Å². The number of benzene rings is 1. The Hall–Kier alpha value is -2.07. The molecule has 1 unspecified atom stereocenters. The maximum atomic E-state index is 12.9. The first-order valence-corrected chi connectivity index (χ1v) is 12.7. The van der Waals surface area contributed by atoms with Crippen molar-refractivity contribution in [2.75, 3.05) is 60.6 Å². The molecule has 1 aromatic rings. The third-order valence-corrected chi connectivity index (χ3v) is 6.50. The second-order valence-electron chi connectivity index (χ2n) is 9.21. The SMILES string of the molecule is CNC[C@H](C[C@H]1CCCCOC1)NC(=O)N(C)CCC(OCCN(C)C(=O)O)c1cccc(Cl)c1. The van der Waals surface area contributed by atoms with E-state index in [0.717, 1.165) is 44.5 Å². The molecule has 0 aromatic heterocycles. The van der Waals surface area contributed by atoms with Gasteiger partial charge in [-0.25, -0.2) is 9.59 Å². The van der Waals surface area contributed by atoms with Crippen molar-refractivity contribution in [3.63, 3.8) is 0 Å². The highest BCUT2D eigenvalue weighted by molar-refractivity contribution is 6.30. The fourth-order valence-electron chi connectivity index (χ4n) is 4.18. The number of hydrogen-bond acceptors (Lipinski definition) is 5. The summed E-state index contributed by atoms with van der Waals surface area (Å²) in [5.74, 6) is 0.450. The monoisotopic (exact) mass is 512 g/mol. The van der Waals surface area contributed by atoms with Crippen LogP contribution in [0.5, 0.6) is 0 Å². The summed E-state index contributed by atoms with van der Waals surface area (Å²) in [6.45, 7) is 3.23. The van der Waals surface area contributed by atoms with Gasteiger partial charge in [0.1, 0.15) is 0 Å². The normalized spacial score (nSPS) is 17.8. The number of likely N-dealkylation sites (N-methyl/N-ethyl adjacent to an activating group) is 2. The number of nitrogens with zero attached hydrogens (tertiary/aromatic N) is 2. The van der Waals surface area contributed by atoms with Gasteiger partial charge in [-0.05, 0) is 56.3 Å². The average Bonchev–Trinajstić information content (AvgIpc) is 3.09. The number of urea groups is 1. The average molecular weight is 513 g/mol. The summed E-state index contributed by atoms with van der Waals surface area (Å²) in [6, 6.07) is 7.30. The Labute approximate surface area is 214 Å². The van der Waals surface area contributed by atoms with E-state index in [4.69, 9.17) is 26.2 Å². The molecule has 1 aliphatic heterocycles. The predicted molar refractivity (Wildman–Crippen MR) is 137 cm³/mol. The van der Waals surface area contributed by atoms with Gasteiger partial charge in [0.05, 0.1) is 12.7 Å². The van der Waals surface area contributed by atoms with Crippen molar-refractivity contribution in [3.05, 3.63) is 34.9 Å². The lowest BCUT2D eigenvalue weighted by molar-refractivity contribution is 0.0318. The molecule has 1 heterocycles. The lowest BCUT2D eigenvalue weighted by Crippen LogP contribution is -2.48. The van der Waals surface area contributed by atoms with E-state index in [0.29, 0.717) is 30.5 Å². The minimum atomic E-state index is -1.00. The Kier molecular flexibility index (Phi) is 13.2. The van der Waals surface area contributed by atoms with Crippen LogP contribution in [0.15, 0.2) is 24.3 Å². The molecule has 0 aliphatic carbocycles. The molecule has 35 heavy (non-hydrogen) atoms. The Morgan fingerprint density at radius 2 is 2.06 bits per heavy atom. The number of ether oxygens (including phenoxy) is 2. The molecular formula is C25H41ClN4O5. The molecule has 0 bridgehead atoms. The van der Waals surface area contributed by atoms with E-state index in [2.05, 4.69) is 10.6 Å². The number of halogens is 1. The van der Waals surface area contributed by atoms with Gasteiger partial charge in [0.15, 0.2) is 0 Å². The zero-order chi connectivity index (χ0) is 25.6. The first kappa shape index (κ1) is 29.2. The number of carboxylic acid groups (broad SMARTS) is 1. The smallest absolute Gasteiger partial charge is 0.407 e. The number of nitrogens with one attached hydrogen (secondary N) is 2. The number of carbonyl (C=O) groups is 2. The molecule has 2 rings (SSSR count). The van der Waals surface area contributed by atoms with Crippen molar-refractivity contribution < 1.29 is 24.2 Å². The first-order valence-electron chi connectivity index (χ1n) is 12.3. The Morgan fingerprint density at radius 3 is 2.77 bits per heavy atom. The van der Waals surface area contributed by atoms with Crippen LogP contribution in [-0.2, 0) is 9.47 Å². The minimum Gasteiger partial charge on any atom is -0.465 e. The summed E-state index contributed by atoms with van der Waals surface area (Å²) < 4.78 is 11.7. The van der Waals surface area contributed by atoms with Crippen molar-refractivity contribution in [2.24, 2.45) is 5.92 Å². The van der Waals surface area contributed by atoms with Crippen LogP contribution in [-0.4, -0.2) is 93.7 Å². The van der Waals surface area contributed by atoms with Gasteiger partial charge in [-0.3, -0.25) is 0 Å². The van der Waals surface area contributed by atoms with E-state index in [9.17, 15) is 9.59 Å². The molecule has 3 atom stereocenters. The number of rotatable bonds is 13. The Morgan fingerprint density at radius 1 is 1.26 bits per heavy atom. The molecular weight excluding hydrogens is 472 g/mol. The van der Waals surface area contributed by atoms with Gasteiger partial charge in [-0.1, -0.05) is 30.2 Å². The van der Waals surface area contributed by atoms with Gasteiger partial charge < -0.3 is 35.0 Å². The highest BCUT2D eigenvalue weighted by Gasteiger charge is 2.22. The van der Waals surface area contributed by atoms with Crippen molar-refractivity contribution in [1.82, 2.24) is 20.4 Å². The highest BCUT2D eigenvalue weighted by atomic mass is 35.5. The van der Waals surface area contributed by atoms with E-state index in [1.807, 2.05) is 25.2 Å². The third kappa shape index (κ3) is 11.0. The zero-order valence-electron chi connectivity index (χ0n) is 21.2. The molecule has 0 radical (unpaired) electrons. The van der Waals surface area contributed by atoms with Crippen molar-refractivity contribution in [3.8, 4) is 0 Å². The van der Waals surface area contributed by atoms with Gasteiger partial charge in [0, 0.05) is 58.0 Å². The molecule has 198 valence electrons. The summed E-state index contributed by atoms with van der Waals surface area (Å²) >= 11 is 6.17. The van der Waals surface area contributed by atoms with Gasteiger partial charge >= 0.3 is 12.1 Å². The molecule has 1 aliphatic rings. The molecule has 3 amide bonds. The molecule has 1 aromatic carbocycles. The molecule has 1 fully saturated rings. The van der Waals surface area contributed by atoms with E-state index >= 15 is 0 Å². The van der Waals surface area contributed by atoms with Crippen LogP contribution in [0, 0.1) is 5.92 Å². The zero-order valence-corrected chi connectivity index (χ0v) is 21.9. The molecule has 3 N–H and O–H groups in total. The molecule has 0 saturated carbocycles. The second kappa shape index (κ2) is 15.8. The molecule has 9 nitrogen and oxygen atoms in total. The predicted octanol–water partition coefficient (Wildman–Crippen LogP) is 3.83. The molecule has 0 spiro atoms. The maximum absolute atomic E-state index is 12.9. The van der Waals surface area contributed by atoms with Gasteiger partial charge in [-0.15, -0.1) is 0 Å². The van der Waals surface area contributed by atoms with Crippen LogP contribution in [0.25, 0.3) is 0 Å². The summed E-state index contributed by atoms with van der Waals surface area (Å²) in [5.41, 5.74) is 0.894. The first-order chi connectivity index (χ1) is 16.8. The minimum absolute atomic E-state index is 0.0215. The van der Waals surface area contributed by atoms with Crippen LogP contribution in [0.4, 0.5) is 9.59 Å². The second-order valence-corrected chi connectivity index (χ2v) is 9.64. The fourth-order valence-corrected chi connectivity index (χ4v) is 4.38. The Bertz CT molecular complexity index is 776. The Balaban J connectivity index is 1.92. The van der Waals surface area contributed by atoms with Gasteiger partial charge in [0.25, 0.3) is 0 Å². The molecule has 10 heteroatoms. The van der Waals surface area contributed by atoms with Crippen LogP contribution in [0.2, 0.25) is 5.02 Å². The number of carbonyl (C=O) groups excluding carboxylic acids is 1. The summed E-state index contributed by atoms with van der Waals surface area (Å²) in [6.07, 6.45) is 3.50. The summed E-state index contributed by atoms with van der Waals surface area (Å²) in [7, 11) is 5.16. The third-order valence-electron chi connectivity index (χ3n) is 6.27.